The van der Waals surface area contributed by atoms with Crippen molar-refractivity contribution in [3.05, 3.63) is 23.8 Å². The van der Waals surface area contributed by atoms with Crippen molar-refractivity contribution in [1.82, 2.24) is 0 Å². The second-order valence-electron chi connectivity index (χ2n) is 5.80. The van der Waals surface area contributed by atoms with Crippen molar-refractivity contribution in [2.75, 3.05) is 7.11 Å². The predicted molar refractivity (Wildman–Crippen MR) is 68.1 cm³/mol. The first-order valence-corrected chi connectivity index (χ1v) is 6.81. The number of allylic oxidation sites excluding steroid dienone is 2. The molecular formula is C15H20O3. The van der Waals surface area contributed by atoms with E-state index in [1.54, 1.807) is 13.2 Å². The van der Waals surface area contributed by atoms with Crippen LogP contribution < -0.4 is 0 Å². The lowest BCUT2D eigenvalue weighted by atomic mass is 9.68. The van der Waals surface area contributed by atoms with E-state index < -0.39 is 11.2 Å². The molecule has 0 aromatic carbocycles. The first-order chi connectivity index (χ1) is 8.61. The molecule has 1 saturated carbocycles. The zero-order chi connectivity index (χ0) is 12.8. The van der Waals surface area contributed by atoms with Crippen LogP contribution in [0.4, 0.5) is 0 Å². The molecule has 3 aliphatic carbocycles. The van der Waals surface area contributed by atoms with Crippen LogP contribution in [0.3, 0.4) is 0 Å². The van der Waals surface area contributed by atoms with Gasteiger partial charge in [-0.3, -0.25) is 4.79 Å². The van der Waals surface area contributed by atoms with Crippen LogP contribution >= 0.6 is 0 Å². The highest BCUT2D eigenvalue weighted by molar-refractivity contribution is 5.96. The van der Waals surface area contributed by atoms with Crippen molar-refractivity contribution >= 4 is 5.78 Å². The van der Waals surface area contributed by atoms with Crippen molar-refractivity contribution in [1.29, 1.82) is 0 Å². The summed E-state index contributed by atoms with van der Waals surface area (Å²) in [5.41, 5.74) is -0.720. The van der Waals surface area contributed by atoms with Crippen LogP contribution in [0.5, 0.6) is 0 Å². The number of ketones is 1. The molecular weight excluding hydrogens is 228 g/mol. The molecule has 0 heterocycles. The molecule has 0 aromatic heterocycles. The third-order valence-electron chi connectivity index (χ3n) is 4.87. The summed E-state index contributed by atoms with van der Waals surface area (Å²) in [6, 6.07) is 0. The first kappa shape index (κ1) is 12.1. The molecule has 98 valence electrons. The van der Waals surface area contributed by atoms with Gasteiger partial charge in [-0.2, -0.15) is 0 Å². The SMILES string of the molecule is CO[C@]12C=CC[C@@H]3CCCC[C@@]3(O)C1=CC(=O)C2. The minimum absolute atomic E-state index is 0.0659. The van der Waals surface area contributed by atoms with Gasteiger partial charge < -0.3 is 9.84 Å². The van der Waals surface area contributed by atoms with Gasteiger partial charge in [0.05, 0.1) is 5.60 Å². The van der Waals surface area contributed by atoms with Crippen LogP contribution in [-0.4, -0.2) is 29.2 Å². The summed E-state index contributed by atoms with van der Waals surface area (Å²) in [5.74, 6) is 0.299. The third-order valence-corrected chi connectivity index (χ3v) is 4.87. The second kappa shape index (κ2) is 4.04. The van der Waals surface area contributed by atoms with Gasteiger partial charge in [0.25, 0.3) is 0 Å². The van der Waals surface area contributed by atoms with E-state index in [-0.39, 0.29) is 11.7 Å². The van der Waals surface area contributed by atoms with Gasteiger partial charge in [0, 0.05) is 19.1 Å². The lowest BCUT2D eigenvalue weighted by molar-refractivity contribution is -0.116. The average Bonchev–Trinajstić information content (AvgIpc) is 2.65. The fourth-order valence-electron chi connectivity index (χ4n) is 3.90. The molecule has 1 N–H and O–H groups in total. The van der Waals surface area contributed by atoms with Crippen molar-refractivity contribution in [3.8, 4) is 0 Å². The highest BCUT2D eigenvalue weighted by atomic mass is 16.5. The van der Waals surface area contributed by atoms with E-state index in [2.05, 4.69) is 6.08 Å². The van der Waals surface area contributed by atoms with Crippen LogP contribution in [-0.2, 0) is 9.53 Å². The monoisotopic (exact) mass is 248 g/mol. The van der Waals surface area contributed by atoms with Gasteiger partial charge in [0.15, 0.2) is 5.78 Å². The zero-order valence-electron chi connectivity index (χ0n) is 10.8. The Hall–Kier alpha value is -0.930. The number of hydrogen-bond donors (Lipinski definition) is 1. The van der Waals surface area contributed by atoms with E-state index in [9.17, 15) is 9.90 Å². The molecule has 0 spiro atoms. The summed E-state index contributed by atoms with van der Waals surface area (Å²) in [5, 5.41) is 11.1. The Labute approximate surface area is 108 Å². The van der Waals surface area contributed by atoms with Crippen LogP contribution in [0, 0.1) is 5.92 Å². The summed E-state index contributed by atoms with van der Waals surface area (Å²) in [4.78, 5) is 11.8. The van der Waals surface area contributed by atoms with E-state index in [0.29, 0.717) is 6.42 Å². The Bertz CT molecular complexity index is 437. The Balaban J connectivity index is 2.10. The molecule has 3 heteroatoms. The Kier molecular flexibility index (Phi) is 2.72. The smallest absolute Gasteiger partial charge is 0.159 e. The fraction of sp³-hybridized carbons (Fsp3) is 0.667. The van der Waals surface area contributed by atoms with Gasteiger partial charge in [-0.05, 0) is 31.3 Å². The van der Waals surface area contributed by atoms with Crippen molar-refractivity contribution in [2.24, 2.45) is 5.92 Å². The minimum atomic E-state index is -0.843. The van der Waals surface area contributed by atoms with Crippen molar-refractivity contribution < 1.29 is 14.6 Å². The predicted octanol–water partition coefficient (Wildman–Crippen LogP) is 2.15. The number of fused-ring (bicyclic) bond motifs is 3. The molecule has 0 amide bonds. The summed E-state index contributed by atoms with van der Waals surface area (Å²) < 4.78 is 5.63. The van der Waals surface area contributed by atoms with Gasteiger partial charge in [-0.25, -0.2) is 0 Å². The maximum atomic E-state index is 11.8. The quantitative estimate of drug-likeness (QED) is 0.723. The molecule has 0 saturated heterocycles. The van der Waals surface area contributed by atoms with E-state index in [1.807, 2.05) is 6.08 Å². The van der Waals surface area contributed by atoms with Crippen LogP contribution in [0.25, 0.3) is 0 Å². The number of rotatable bonds is 1. The van der Waals surface area contributed by atoms with Gasteiger partial charge in [0.1, 0.15) is 5.60 Å². The van der Waals surface area contributed by atoms with Crippen molar-refractivity contribution in [3.63, 3.8) is 0 Å². The number of methoxy groups -OCH3 is 1. The molecule has 3 rings (SSSR count). The molecule has 3 aliphatic rings. The number of aliphatic hydroxyl groups is 1. The van der Waals surface area contributed by atoms with E-state index in [4.69, 9.17) is 4.74 Å². The molecule has 0 unspecified atom stereocenters. The Morgan fingerprint density at radius 1 is 1.44 bits per heavy atom. The summed E-state index contributed by atoms with van der Waals surface area (Å²) >= 11 is 0. The van der Waals surface area contributed by atoms with Crippen molar-refractivity contribution in [2.45, 2.75) is 49.7 Å². The standard InChI is InChI=1S/C15H20O3/c1-18-14-7-4-6-11-5-2-3-8-15(11,17)13(14)9-12(16)10-14/h4,7,9,11,17H,2-3,5-6,8,10H2,1H3/t11-,14-,15-/m0/s1. The molecule has 1 fully saturated rings. The molecule has 0 radical (unpaired) electrons. The lowest BCUT2D eigenvalue weighted by Gasteiger charge is -2.44. The summed E-state index contributed by atoms with van der Waals surface area (Å²) in [7, 11) is 1.63. The van der Waals surface area contributed by atoms with Gasteiger partial charge in [0.2, 0.25) is 0 Å². The highest BCUT2D eigenvalue weighted by Gasteiger charge is 2.53. The molecule has 0 bridgehead atoms. The topological polar surface area (TPSA) is 46.5 Å². The zero-order valence-corrected chi connectivity index (χ0v) is 10.8. The highest BCUT2D eigenvalue weighted by Crippen LogP contribution is 2.51. The second-order valence-corrected chi connectivity index (χ2v) is 5.80. The van der Waals surface area contributed by atoms with Gasteiger partial charge in [-0.15, -0.1) is 0 Å². The normalized spacial score (nSPS) is 43.1. The molecule has 0 aliphatic heterocycles. The average molecular weight is 248 g/mol. The fourth-order valence-corrected chi connectivity index (χ4v) is 3.90. The Morgan fingerprint density at radius 2 is 2.28 bits per heavy atom. The van der Waals surface area contributed by atoms with Crippen LogP contribution in [0.1, 0.15) is 38.5 Å². The molecule has 3 nitrogen and oxygen atoms in total. The molecule has 3 atom stereocenters. The van der Waals surface area contributed by atoms with Gasteiger partial charge in [-0.1, -0.05) is 25.0 Å². The van der Waals surface area contributed by atoms with Crippen LogP contribution in [0.15, 0.2) is 23.8 Å². The largest absolute Gasteiger partial charge is 0.385 e. The molecule has 18 heavy (non-hydrogen) atoms. The third kappa shape index (κ3) is 1.54. The number of ether oxygens (including phenoxy) is 1. The first-order valence-electron chi connectivity index (χ1n) is 6.81. The lowest BCUT2D eigenvalue weighted by Crippen LogP contribution is -2.48. The summed E-state index contributed by atoms with van der Waals surface area (Å²) in [6.07, 6.45) is 10.9. The maximum absolute atomic E-state index is 11.8. The van der Waals surface area contributed by atoms with Gasteiger partial charge >= 0.3 is 0 Å². The molecule has 0 aromatic rings. The van der Waals surface area contributed by atoms with E-state index in [1.165, 1.54) is 6.42 Å². The summed E-state index contributed by atoms with van der Waals surface area (Å²) in [6.45, 7) is 0. The number of carbonyl (C=O) groups excluding carboxylic acids is 1. The van der Waals surface area contributed by atoms with E-state index in [0.717, 1.165) is 31.3 Å². The number of hydrogen-bond acceptors (Lipinski definition) is 3. The maximum Gasteiger partial charge on any atom is 0.159 e. The van der Waals surface area contributed by atoms with E-state index >= 15 is 0 Å². The van der Waals surface area contributed by atoms with Crippen LogP contribution in [0.2, 0.25) is 0 Å². The minimum Gasteiger partial charge on any atom is -0.385 e. The number of carbonyl (C=O) groups is 1. The Morgan fingerprint density at radius 3 is 3.06 bits per heavy atom.